The fourth-order valence-electron chi connectivity index (χ4n) is 1.77. The molecule has 1 atom stereocenters. The van der Waals surface area contributed by atoms with Crippen LogP contribution in [-0.2, 0) is 6.54 Å². The molecule has 0 aromatic heterocycles. The van der Waals surface area contributed by atoms with Crippen LogP contribution in [0.4, 0.5) is 0 Å². The van der Waals surface area contributed by atoms with Crippen molar-refractivity contribution in [2.45, 2.75) is 43.4 Å². The zero-order chi connectivity index (χ0) is 13.0. The second kappa shape index (κ2) is 6.57. The second-order valence-electron chi connectivity index (χ2n) is 4.91. The average Bonchev–Trinajstić information content (AvgIpc) is 3.18. The normalized spacial score (nSPS) is 16.8. The fourth-order valence-corrected chi connectivity index (χ4v) is 2.73. The minimum Gasteiger partial charge on any atom is -0.394 e. The third-order valence-corrected chi connectivity index (χ3v) is 4.28. The Kier molecular flexibility index (Phi) is 5.06. The number of thioether (sulfide) groups is 1. The van der Waals surface area contributed by atoms with Gasteiger partial charge < -0.3 is 15.5 Å². The Bertz CT molecular complexity index is 393. The molecule has 1 unspecified atom stereocenters. The van der Waals surface area contributed by atoms with Crippen LogP contribution in [0, 0.1) is 6.92 Å². The number of hydrogen-bond donors (Lipinski definition) is 3. The molecular weight excluding hydrogens is 246 g/mol. The first kappa shape index (κ1) is 13.9. The number of aliphatic hydroxyl groups excluding tert-OH is 2. The van der Waals surface area contributed by atoms with Crippen LogP contribution < -0.4 is 5.32 Å². The number of aliphatic hydroxyl groups is 2. The molecule has 1 saturated carbocycles. The van der Waals surface area contributed by atoms with E-state index in [0.29, 0.717) is 11.8 Å². The molecule has 3 N–H and O–H groups in total. The average molecular weight is 267 g/mol. The molecular formula is C14H21NO2S. The van der Waals surface area contributed by atoms with E-state index in [1.165, 1.54) is 28.9 Å². The van der Waals surface area contributed by atoms with Gasteiger partial charge in [0.25, 0.3) is 0 Å². The van der Waals surface area contributed by atoms with E-state index in [2.05, 4.69) is 30.4 Å². The van der Waals surface area contributed by atoms with Gasteiger partial charge in [-0.3, -0.25) is 0 Å². The summed E-state index contributed by atoms with van der Waals surface area (Å²) in [6.07, 6.45) is 1.94. The van der Waals surface area contributed by atoms with E-state index in [0.717, 1.165) is 6.54 Å². The first-order valence-electron chi connectivity index (χ1n) is 6.43. The highest BCUT2D eigenvalue weighted by molar-refractivity contribution is 7.99. The van der Waals surface area contributed by atoms with E-state index in [-0.39, 0.29) is 6.61 Å². The first-order valence-corrected chi connectivity index (χ1v) is 7.42. The summed E-state index contributed by atoms with van der Waals surface area (Å²) >= 11 is 1.61. The second-order valence-corrected chi connectivity index (χ2v) is 5.98. The van der Waals surface area contributed by atoms with E-state index < -0.39 is 6.10 Å². The lowest BCUT2D eigenvalue weighted by Crippen LogP contribution is -2.17. The van der Waals surface area contributed by atoms with Crippen LogP contribution in [0.25, 0.3) is 0 Å². The lowest BCUT2D eigenvalue weighted by atomic mass is 10.1. The maximum atomic E-state index is 9.41. The van der Waals surface area contributed by atoms with Gasteiger partial charge in [-0.1, -0.05) is 17.7 Å². The molecule has 2 rings (SSSR count). The molecule has 1 aliphatic rings. The van der Waals surface area contributed by atoms with Crippen molar-refractivity contribution in [1.29, 1.82) is 0 Å². The van der Waals surface area contributed by atoms with Crippen molar-refractivity contribution in [3.8, 4) is 0 Å². The van der Waals surface area contributed by atoms with Gasteiger partial charge in [0.05, 0.1) is 12.7 Å². The molecule has 0 spiro atoms. The van der Waals surface area contributed by atoms with Crippen molar-refractivity contribution in [2.24, 2.45) is 0 Å². The number of nitrogens with one attached hydrogen (secondary N) is 1. The molecule has 0 amide bonds. The van der Waals surface area contributed by atoms with Crippen LogP contribution in [0.1, 0.15) is 24.0 Å². The van der Waals surface area contributed by atoms with E-state index in [1.54, 1.807) is 11.8 Å². The largest absolute Gasteiger partial charge is 0.394 e. The van der Waals surface area contributed by atoms with Gasteiger partial charge >= 0.3 is 0 Å². The Morgan fingerprint density at radius 1 is 1.44 bits per heavy atom. The van der Waals surface area contributed by atoms with Gasteiger partial charge in [-0.25, -0.2) is 0 Å². The Hall–Kier alpha value is -0.550. The maximum absolute atomic E-state index is 9.41. The van der Waals surface area contributed by atoms with Crippen molar-refractivity contribution in [1.82, 2.24) is 5.32 Å². The molecule has 1 aliphatic carbocycles. The summed E-state index contributed by atoms with van der Waals surface area (Å²) in [5.41, 5.74) is 2.55. The molecule has 18 heavy (non-hydrogen) atoms. The van der Waals surface area contributed by atoms with Gasteiger partial charge in [-0.15, -0.1) is 11.8 Å². The number of benzene rings is 1. The van der Waals surface area contributed by atoms with Crippen molar-refractivity contribution < 1.29 is 10.2 Å². The van der Waals surface area contributed by atoms with E-state index in [1.807, 2.05) is 0 Å². The van der Waals surface area contributed by atoms with Gasteiger partial charge in [0.15, 0.2) is 0 Å². The predicted octanol–water partition coefficient (Wildman–Crippen LogP) is 1.69. The van der Waals surface area contributed by atoms with Crippen LogP contribution in [0.3, 0.4) is 0 Å². The van der Waals surface area contributed by atoms with Crippen LogP contribution in [0.5, 0.6) is 0 Å². The van der Waals surface area contributed by atoms with E-state index >= 15 is 0 Å². The molecule has 3 nitrogen and oxygen atoms in total. The van der Waals surface area contributed by atoms with Crippen LogP contribution >= 0.6 is 11.8 Å². The topological polar surface area (TPSA) is 52.5 Å². The number of rotatable bonds is 7. The predicted molar refractivity (Wildman–Crippen MR) is 74.9 cm³/mol. The monoisotopic (exact) mass is 267 g/mol. The van der Waals surface area contributed by atoms with Gasteiger partial charge in [0.2, 0.25) is 0 Å². The first-order chi connectivity index (χ1) is 8.69. The standard InChI is InChI=1S/C14H21NO2S/c1-10-2-5-14(18-9-13(17)8-16)11(6-10)7-15-12-3-4-12/h2,5-6,12-13,15-17H,3-4,7-9H2,1H3. The van der Waals surface area contributed by atoms with Gasteiger partial charge in [-0.05, 0) is 31.4 Å². The zero-order valence-corrected chi connectivity index (χ0v) is 11.5. The molecule has 0 heterocycles. The summed E-state index contributed by atoms with van der Waals surface area (Å²) in [6, 6.07) is 7.09. The van der Waals surface area contributed by atoms with Gasteiger partial charge in [0, 0.05) is 23.2 Å². The van der Waals surface area contributed by atoms with Crippen molar-refractivity contribution in [3.05, 3.63) is 29.3 Å². The zero-order valence-electron chi connectivity index (χ0n) is 10.7. The highest BCUT2D eigenvalue weighted by Crippen LogP contribution is 2.26. The molecule has 100 valence electrons. The molecule has 0 saturated heterocycles. The number of aryl methyl sites for hydroxylation is 1. The highest BCUT2D eigenvalue weighted by atomic mass is 32.2. The molecule has 0 bridgehead atoms. The third-order valence-electron chi connectivity index (χ3n) is 3.02. The van der Waals surface area contributed by atoms with Crippen LogP contribution in [-0.4, -0.2) is 34.7 Å². The molecule has 4 heteroatoms. The summed E-state index contributed by atoms with van der Waals surface area (Å²) in [7, 11) is 0. The van der Waals surface area contributed by atoms with Gasteiger partial charge in [-0.2, -0.15) is 0 Å². The summed E-state index contributed by atoms with van der Waals surface area (Å²) < 4.78 is 0. The molecule has 1 aromatic rings. The molecule has 1 fully saturated rings. The van der Waals surface area contributed by atoms with Crippen molar-refractivity contribution in [3.63, 3.8) is 0 Å². The van der Waals surface area contributed by atoms with Crippen molar-refractivity contribution >= 4 is 11.8 Å². The Balaban J connectivity index is 1.97. The van der Waals surface area contributed by atoms with Gasteiger partial charge in [0.1, 0.15) is 0 Å². The van der Waals surface area contributed by atoms with Crippen molar-refractivity contribution in [2.75, 3.05) is 12.4 Å². The Morgan fingerprint density at radius 3 is 2.89 bits per heavy atom. The fraction of sp³-hybridized carbons (Fsp3) is 0.571. The Labute approximate surface area is 113 Å². The lowest BCUT2D eigenvalue weighted by molar-refractivity contribution is 0.113. The quantitative estimate of drug-likeness (QED) is 0.658. The van der Waals surface area contributed by atoms with Crippen LogP contribution in [0.2, 0.25) is 0 Å². The van der Waals surface area contributed by atoms with E-state index in [4.69, 9.17) is 5.11 Å². The maximum Gasteiger partial charge on any atom is 0.0864 e. The van der Waals surface area contributed by atoms with E-state index in [9.17, 15) is 5.11 Å². The van der Waals surface area contributed by atoms with Crippen LogP contribution in [0.15, 0.2) is 23.1 Å². The summed E-state index contributed by atoms with van der Waals surface area (Å²) in [5.74, 6) is 0.538. The highest BCUT2D eigenvalue weighted by Gasteiger charge is 2.20. The minimum absolute atomic E-state index is 0.172. The SMILES string of the molecule is Cc1ccc(SCC(O)CO)c(CNC2CC2)c1. The number of hydrogen-bond acceptors (Lipinski definition) is 4. The Morgan fingerprint density at radius 2 is 2.22 bits per heavy atom. The minimum atomic E-state index is -0.638. The lowest BCUT2D eigenvalue weighted by Gasteiger charge is -2.12. The molecule has 0 aliphatic heterocycles. The molecule has 1 aromatic carbocycles. The summed E-state index contributed by atoms with van der Waals surface area (Å²) in [4.78, 5) is 1.20. The molecule has 0 radical (unpaired) electrons. The smallest absolute Gasteiger partial charge is 0.0864 e. The third kappa shape index (κ3) is 4.28. The summed E-state index contributed by atoms with van der Waals surface area (Å²) in [5, 5.41) is 21.8. The summed E-state index contributed by atoms with van der Waals surface area (Å²) in [6.45, 7) is 2.82.